The molecule has 0 radical (unpaired) electrons. The van der Waals surface area contributed by atoms with E-state index in [1.807, 2.05) is 37.3 Å². The topological polar surface area (TPSA) is 99.2 Å². The second-order valence-corrected chi connectivity index (χ2v) is 10.2. The van der Waals surface area contributed by atoms with E-state index < -0.39 is 44.9 Å². The second kappa shape index (κ2) is 7.46. The van der Waals surface area contributed by atoms with E-state index in [2.05, 4.69) is 4.18 Å². The molecule has 2 saturated heterocycles. The SMILES string of the molecule is Cc1ccc(S(=O)(=O)N2[C@@H](C)[C@@H](c3ccccc3)O[C@H]2[C@@H]2COS(=O)(=O)O2)cc1. The molecule has 0 unspecified atom stereocenters. The lowest BCUT2D eigenvalue weighted by Crippen LogP contribution is -2.47. The molecule has 2 fully saturated rings. The minimum Gasteiger partial charge on any atom is -0.350 e. The van der Waals surface area contributed by atoms with Crippen molar-refractivity contribution in [2.24, 2.45) is 0 Å². The van der Waals surface area contributed by atoms with E-state index >= 15 is 0 Å². The molecule has 2 aromatic carbocycles. The Hall–Kier alpha value is -1.82. The van der Waals surface area contributed by atoms with E-state index in [0.717, 1.165) is 11.1 Å². The highest BCUT2D eigenvalue weighted by molar-refractivity contribution is 7.89. The van der Waals surface area contributed by atoms with Gasteiger partial charge in [0.05, 0.1) is 10.9 Å². The summed E-state index contributed by atoms with van der Waals surface area (Å²) in [7, 11) is -8.16. The van der Waals surface area contributed by atoms with Gasteiger partial charge in [-0.05, 0) is 31.5 Å². The Kier molecular flexibility index (Phi) is 5.26. The molecular weight excluding hydrogens is 418 g/mol. The van der Waals surface area contributed by atoms with Crippen molar-refractivity contribution in [3.05, 3.63) is 65.7 Å². The fraction of sp³-hybridized carbons (Fsp3) is 0.368. The molecule has 2 aliphatic heterocycles. The molecule has 2 aliphatic rings. The molecule has 0 N–H and O–H groups in total. The smallest absolute Gasteiger partial charge is 0.350 e. The van der Waals surface area contributed by atoms with Crippen LogP contribution in [0.25, 0.3) is 0 Å². The molecule has 29 heavy (non-hydrogen) atoms. The van der Waals surface area contributed by atoms with Gasteiger partial charge in [0, 0.05) is 0 Å². The Labute approximate surface area is 170 Å². The summed E-state index contributed by atoms with van der Waals surface area (Å²) in [6.07, 6.45) is -2.84. The van der Waals surface area contributed by atoms with Crippen molar-refractivity contribution in [2.75, 3.05) is 6.61 Å². The minimum atomic E-state index is -4.17. The van der Waals surface area contributed by atoms with E-state index in [1.54, 1.807) is 19.1 Å². The van der Waals surface area contributed by atoms with Crippen molar-refractivity contribution in [1.82, 2.24) is 4.31 Å². The van der Waals surface area contributed by atoms with Gasteiger partial charge in [0.25, 0.3) is 0 Å². The zero-order valence-electron chi connectivity index (χ0n) is 15.8. The zero-order chi connectivity index (χ0) is 20.8. The van der Waals surface area contributed by atoms with Gasteiger partial charge in [-0.15, -0.1) is 0 Å². The third kappa shape index (κ3) is 3.83. The average Bonchev–Trinajstić information content (AvgIpc) is 3.22. The Morgan fingerprint density at radius 2 is 1.69 bits per heavy atom. The first-order valence-corrected chi connectivity index (χ1v) is 11.8. The summed E-state index contributed by atoms with van der Waals surface area (Å²) in [5, 5.41) is 0. The van der Waals surface area contributed by atoms with Gasteiger partial charge in [0.2, 0.25) is 10.0 Å². The molecule has 0 aliphatic carbocycles. The van der Waals surface area contributed by atoms with Crippen LogP contribution in [0.2, 0.25) is 0 Å². The number of rotatable bonds is 4. The molecule has 10 heteroatoms. The highest BCUT2D eigenvalue weighted by atomic mass is 32.3. The van der Waals surface area contributed by atoms with Crippen LogP contribution in [0.15, 0.2) is 59.5 Å². The van der Waals surface area contributed by atoms with Crippen LogP contribution in [-0.2, 0) is 33.5 Å². The van der Waals surface area contributed by atoms with Crippen molar-refractivity contribution in [3.63, 3.8) is 0 Å². The first kappa shape index (κ1) is 20.5. The lowest BCUT2D eigenvalue weighted by atomic mass is 10.0. The normalized spacial score (nSPS) is 29.9. The van der Waals surface area contributed by atoms with E-state index in [4.69, 9.17) is 8.92 Å². The maximum atomic E-state index is 13.5. The van der Waals surface area contributed by atoms with Gasteiger partial charge < -0.3 is 4.74 Å². The van der Waals surface area contributed by atoms with Crippen molar-refractivity contribution in [3.8, 4) is 0 Å². The van der Waals surface area contributed by atoms with Crippen molar-refractivity contribution >= 4 is 20.4 Å². The maximum Gasteiger partial charge on any atom is 0.400 e. The Balaban J connectivity index is 1.76. The van der Waals surface area contributed by atoms with Gasteiger partial charge in [-0.25, -0.2) is 16.8 Å². The highest BCUT2D eigenvalue weighted by Crippen LogP contribution is 2.41. The Morgan fingerprint density at radius 3 is 2.28 bits per heavy atom. The minimum absolute atomic E-state index is 0.0963. The predicted molar refractivity (Wildman–Crippen MR) is 103 cm³/mol. The number of hydrogen-bond donors (Lipinski definition) is 0. The molecule has 8 nitrogen and oxygen atoms in total. The molecule has 4 rings (SSSR count). The molecule has 0 saturated carbocycles. The molecular formula is C19H21NO7S2. The Bertz CT molecular complexity index is 1090. The van der Waals surface area contributed by atoms with Crippen LogP contribution in [0.4, 0.5) is 0 Å². The zero-order valence-corrected chi connectivity index (χ0v) is 17.5. The standard InChI is InChI=1S/C19H21NO7S2/c1-13-8-10-16(11-9-13)28(21,22)20-14(2)18(15-6-4-3-5-7-15)26-19(20)17-12-25-29(23,24)27-17/h3-11,14,17-19H,12H2,1-2H3/t14-,17-,18-,19-/m0/s1. The third-order valence-electron chi connectivity index (χ3n) is 5.04. The number of nitrogens with zero attached hydrogens (tertiary/aromatic N) is 1. The molecule has 156 valence electrons. The van der Waals surface area contributed by atoms with Gasteiger partial charge >= 0.3 is 10.4 Å². The number of aryl methyl sites for hydroxylation is 1. The number of benzene rings is 2. The monoisotopic (exact) mass is 439 g/mol. The summed E-state index contributed by atoms with van der Waals surface area (Å²) in [6, 6.07) is 15.0. The molecule has 4 atom stereocenters. The van der Waals surface area contributed by atoms with Crippen LogP contribution in [0.3, 0.4) is 0 Å². The van der Waals surface area contributed by atoms with Crippen LogP contribution in [0.1, 0.15) is 24.2 Å². The van der Waals surface area contributed by atoms with E-state index in [-0.39, 0.29) is 11.5 Å². The fourth-order valence-electron chi connectivity index (χ4n) is 3.62. The van der Waals surface area contributed by atoms with E-state index in [1.165, 1.54) is 16.4 Å². The first-order valence-electron chi connectivity index (χ1n) is 9.07. The molecule has 0 bridgehead atoms. The highest BCUT2D eigenvalue weighted by Gasteiger charge is 2.53. The van der Waals surface area contributed by atoms with Gasteiger partial charge in [-0.1, -0.05) is 48.0 Å². The van der Waals surface area contributed by atoms with Gasteiger partial charge in [0.1, 0.15) is 18.8 Å². The van der Waals surface area contributed by atoms with Crippen LogP contribution < -0.4 is 0 Å². The van der Waals surface area contributed by atoms with Crippen molar-refractivity contribution in [1.29, 1.82) is 0 Å². The van der Waals surface area contributed by atoms with E-state index in [0.29, 0.717) is 0 Å². The number of sulfonamides is 1. The van der Waals surface area contributed by atoms with Crippen LogP contribution in [0.5, 0.6) is 0 Å². The lowest BCUT2D eigenvalue weighted by Gasteiger charge is -2.27. The van der Waals surface area contributed by atoms with Crippen LogP contribution in [-0.4, -0.2) is 46.1 Å². The van der Waals surface area contributed by atoms with Crippen LogP contribution in [0, 0.1) is 6.92 Å². The summed E-state index contributed by atoms with van der Waals surface area (Å²) < 4.78 is 67.1. The quantitative estimate of drug-likeness (QED) is 0.720. The van der Waals surface area contributed by atoms with Gasteiger partial charge in [0.15, 0.2) is 6.23 Å². The summed E-state index contributed by atoms with van der Waals surface area (Å²) >= 11 is 0. The molecule has 0 aromatic heterocycles. The van der Waals surface area contributed by atoms with Crippen molar-refractivity contribution in [2.45, 2.75) is 43.2 Å². The van der Waals surface area contributed by atoms with Gasteiger partial charge in [-0.2, -0.15) is 12.7 Å². The maximum absolute atomic E-state index is 13.5. The lowest BCUT2D eigenvalue weighted by molar-refractivity contribution is -0.0442. The second-order valence-electron chi connectivity index (χ2n) is 7.07. The summed E-state index contributed by atoms with van der Waals surface area (Å²) in [6.45, 7) is 3.27. The summed E-state index contributed by atoms with van der Waals surface area (Å²) in [5.41, 5.74) is 1.71. The summed E-state index contributed by atoms with van der Waals surface area (Å²) in [5.74, 6) is 0. The third-order valence-corrected chi connectivity index (χ3v) is 7.91. The molecule has 0 amide bonds. The number of ether oxygens (including phenoxy) is 1. The predicted octanol–water partition coefficient (Wildman–Crippen LogP) is 2.13. The average molecular weight is 440 g/mol. The fourth-order valence-corrected chi connectivity index (χ4v) is 6.16. The largest absolute Gasteiger partial charge is 0.400 e. The number of hydrogen-bond acceptors (Lipinski definition) is 7. The van der Waals surface area contributed by atoms with Crippen LogP contribution >= 0.6 is 0 Å². The summed E-state index contributed by atoms with van der Waals surface area (Å²) in [4.78, 5) is 0.0963. The molecule has 0 spiro atoms. The first-order chi connectivity index (χ1) is 13.7. The van der Waals surface area contributed by atoms with Crippen molar-refractivity contribution < 1.29 is 29.9 Å². The molecule has 2 heterocycles. The Morgan fingerprint density at radius 1 is 1.03 bits per heavy atom. The van der Waals surface area contributed by atoms with Gasteiger partial charge in [-0.3, -0.25) is 0 Å². The molecule has 2 aromatic rings. The van der Waals surface area contributed by atoms with E-state index in [9.17, 15) is 16.8 Å².